The summed E-state index contributed by atoms with van der Waals surface area (Å²) < 4.78 is 0. The molecule has 58 valence electrons. The molecule has 0 aromatic carbocycles. The van der Waals surface area contributed by atoms with Crippen LogP contribution < -0.4 is 0 Å². The second-order valence-electron chi connectivity index (χ2n) is 3.60. The van der Waals surface area contributed by atoms with Gasteiger partial charge in [-0.05, 0) is 44.4 Å². The lowest BCUT2D eigenvalue weighted by atomic mass is 9.90. The van der Waals surface area contributed by atoms with E-state index in [-0.39, 0.29) is 0 Å². The quantitative estimate of drug-likeness (QED) is 0.559. The lowest BCUT2D eigenvalue weighted by Crippen LogP contribution is -1.99. The molecule has 2 aliphatic carbocycles. The molecule has 0 bridgehead atoms. The molecular weight excluding hydrogens is 134 g/mol. The second kappa shape index (κ2) is 2.70. The third kappa shape index (κ3) is 1.30. The van der Waals surface area contributed by atoms with E-state index >= 15 is 0 Å². The average molecular weight is 147 g/mol. The van der Waals surface area contributed by atoms with Crippen molar-refractivity contribution in [2.45, 2.75) is 38.5 Å². The van der Waals surface area contributed by atoms with Gasteiger partial charge < -0.3 is 0 Å². The summed E-state index contributed by atoms with van der Waals surface area (Å²) in [6.45, 7) is 0. The summed E-state index contributed by atoms with van der Waals surface area (Å²) in [5.74, 6) is 0.824. The molecule has 2 aliphatic rings. The fraction of sp³-hybridized carbons (Fsp3) is 0.700. The predicted octanol–water partition coefficient (Wildman–Crippen LogP) is 2.79. The van der Waals surface area contributed by atoms with Gasteiger partial charge in [0.1, 0.15) is 0 Å². The van der Waals surface area contributed by atoms with Crippen molar-refractivity contribution < 1.29 is 0 Å². The summed E-state index contributed by atoms with van der Waals surface area (Å²) >= 11 is 0. The Bertz CT molecular complexity index is 228. The van der Waals surface area contributed by atoms with Crippen LogP contribution in [0.5, 0.6) is 0 Å². The first-order valence-electron chi connectivity index (χ1n) is 4.54. The minimum atomic E-state index is 0.824. The maximum Gasteiger partial charge on any atom is 0.0946 e. The highest BCUT2D eigenvalue weighted by Crippen LogP contribution is 2.43. The second-order valence-corrected chi connectivity index (χ2v) is 3.60. The van der Waals surface area contributed by atoms with Crippen molar-refractivity contribution in [3.63, 3.8) is 0 Å². The van der Waals surface area contributed by atoms with E-state index < -0.39 is 0 Å². The van der Waals surface area contributed by atoms with Gasteiger partial charge in [0, 0.05) is 5.57 Å². The number of hydrogen-bond donors (Lipinski definition) is 0. The molecule has 0 atom stereocenters. The Balaban J connectivity index is 2.21. The highest BCUT2D eigenvalue weighted by molar-refractivity contribution is 5.33. The Hall–Kier alpha value is -0.770. The lowest BCUT2D eigenvalue weighted by Gasteiger charge is -2.14. The normalized spacial score (nSPS) is 25.0. The van der Waals surface area contributed by atoms with Gasteiger partial charge in [0.15, 0.2) is 0 Å². The smallest absolute Gasteiger partial charge is 0.0946 e. The summed E-state index contributed by atoms with van der Waals surface area (Å²) in [5.41, 5.74) is 2.64. The van der Waals surface area contributed by atoms with Crippen molar-refractivity contribution >= 4 is 0 Å². The molecule has 0 aromatic heterocycles. The van der Waals surface area contributed by atoms with Crippen LogP contribution in [0.4, 0.5) is 0 Å². The van der Waals surface area contributed by atoms with Crippen LogP contribution >= 0.6 is 0 Å². The van der Waals surface area contributed by atoms with Crippen molar-refractivity contribution in [1.29, 1.82) is 5.26 Å². The van der Waals surface area contributed by atoms with E-state index in [1.165, 1.54) is 37.7 Å². The van der Waals surface area contributed by atoms with Crippen LogP contribution in [0, 0.1) is 17.2 Å². The molecule has 0 amide bonds. The van der Waals surface area contributed by atoms with Crippen molar-refractivity contribution in [1.82, 2.24) is 0 Å². The van der Waals surface area contributed by atoms with Gasteiger partial charge in [-0.1, -0.05) is 5.57 Å². The molecular formula is C10H13N. The van der Waals surface area contributed by atoms with E-state index in [4.69, 9.17) is 5.26 Å². The Kier molecular flexibility index (Phi) is 1.69. The molecule has 0 spiro atoms. The van der Waals surface area contributed by atoms with Gasteiger partial charge in [0.2, 0.25) is 0 Å². The Morgan fingerprint density at radius 3 is 2.55 bits per heavy atom. The Morgan fingerprint density at radius 1 is 1.18 bits per heavy atom. The SMILES string of the molecule is N#CC1=C(C2CC2)CCCC1. The monoisotopic (exact) mass is 147 g/mol. The summed E-state index contributed by atoms with van der Waals surface area (Å²) in [5, 5.41) is 8.83. The van der Waals surface area contributed by atoms with E-state index in [2.05, 4.69) is 6.07 Å². The number of allylic oxidation sites excluding steroid dienone is 2. The highest BCUT2D eigenvalue weighted by atomic mass is 14.4. The van der Waals surface area contributed by atoms with Crippen LogP contribution in [0.1, 0.15) is 38.5 Å². The van der Waals surface area contributed by atoms with Crippen LogP contribution in [0.2, 0.25) is 0 Å². The fourth-order valence-corrected chi connectivity index (χ4v) is 1.94. The molecule has 1 heteroatoms. The van der Waals surface area contributed by atoms with Gasteiger partial charge in [-0.2, -0.15) is 5.26 Å². The standard InChI is InChI=1S/C10H13N/c11-7-9-3-1-2-4-10(9)8-5-6-8/h8H,1-6H2. The van der Waals surface area contributed by atoms with Gasteiger partial charge in [-0.3, -0.25) is 0 Å². The fourth-order valence-electron chi connectivity index (χ4n) is 1.94. The minimum Gasteiger partial charge on any atom is -0.193 e. The predicted molar refractivity (Wildman–Crippen MR) is 43.8 cm³/mol. The van der Waals surface area contributed by atoms with Crippen LogP contribution in [-0.4, -0.2) is 0 Å². The van der Waals surface area contributed by atoms with Crippen LogP contribution in [0.3, 0.4) is 0 Å². The maximum atomic E-state index is 8.83. The molecule has 0 aliphatic heterocycles. The topological polar surface area (TPSA) is 23.8 Å². The first-order valence-corrected chi connectivity index (χ1v) is 4.54. The Morgan fingerprint density at radius 2 is 1.91 bits per heavy atom. The number of nitrogens with zero attached hydrogens (tertiary/aromatic N) is 1. The first-order chi connectivity index (χ1) is 5.42. The third-order valence-corrected chi connectivity index (χ3v) is 2.72. The first kappa shape index (κ1) is 6.91. The molecule has 2 rings (SSSR count). The van der Waals surface area contributed by atoms with Gasteiger partial charge in [0.05, 0.1) is 6.07 Å². The highest BCUT2D eigenvalue weighted by Gasteiger charge is 2.29. The van der Waals surface area contributed by atoms with Gasteiger partial charge >= 0.3 is 0 Å². The molecule has 0 saturated heterocycles. The van der Waals surface area contributed by atoms with Crippen LogP contribution in [0.25, 0.3) is 0 Å². The molecule has 1 fully saturated rings. The summed E-state index contributed by atoms with van der Waals surface area (Å²) in [6.07, 6.45) is 7.52. The molecule has 0 aromatic rings. The zero-order chi connectivity index (χ0) is 7.68. The van der Waals surface area contributed by atoms with Crippen molar-refractivity contribution in [3.8, 4) is 6.07 Å². The van der Waals surface area contributed by atoms with Crippen molar-refractivity contribution in [2.24, 2.45) is 5.92 Å². The van der Waals surface area contributed by atoms with Crippen molar-refractivity contribution in [3.05, 3.63) is 11.1 Å². The number of hydrogen-bond acceptors (Lipinski definition) is 1. The molecule has 1 nitrogen and oxygen atoms in total. The molecule has 0 radical (unpaired) electrons. The minimum absolute atomic E-state index is 0.824. The molecule has 0 N–H and O–H groups in total. The van der Waals surface area contributed by atoms with E-state index in [0.29, 0.717) is 0 Å². The van der Waals surface area contributed by atoms with E-state index in [1.54, 1.807) is 0 Å². The molecule has 11 heavy (non-hydrogen) atoms. The molecule has 0 unspecified atom stereocenters. The van der Waals surface area contributed by atoms with E-state index in [9.17, 15) is 0 Å². The average Bonchev–Trinajstić information content (AvgIpc) is 2.87. The molecule has 0 heterocycles. The van der Waals surface area contributed by atoms with Crippen LogP contribution in [0.15, 0.2) is 11.1 Å². The van der Waals surface area contributed by atoms with E-state index in [1.807, 2.05) is 0 Å². The lowest BCUT2D eigenvalue weighted by molar-refractivity contribution is 0.653. The summed E-state index contributed by atoms with van der Waals surface area (Å²) in [4.78, 5) is 0. The van der Waals surface area contributed by atoms with Gasteiger partial charge in [-0.15, -0.1) is 0 Å². The third-order valence-electron chi connectivity index (χ3n) is 2.72. The number of rotatable bonds is 1. The summed E-state index contributed by atoms with van der Waals surface area (Å²) in [7, 11) is 0. The Labute approximate surface area is 67.7 Å². The maximum absolute atomic E-state index is 8.83. The zero-order valence-corrected chi connectivity index (χ0v) is 6.77. The molecule has 1 saturated carbocycles. The zero-order valence-electron chi connectivity index (χ0n) is 6.77. The van der Waals surface area contributed by atoms with Crippen LogP contribution in [-0.2, 0) is 0 Å². The van der Waals surface area contributed by atoms with Crippen molar-refractivity contribution in [2.75, 3.05) is 0 Å². The van der Waals surface area contributed by atoms with E-state index in [0.717, 1.165) is 17.9 Å². The largest absolute Gasteiger partial charge is 0.193 e. The number of nitriles is 1. The van der Waals surface area contributed by atoms with Gasteiger partial charge in [-0.25, -0.2) is 0 Å². The summed E-state index contributed by atoms with van der Waals surface area (Å²) in [6, 6.07) is 2.35. The van der Waals surface area contributed by atoms with Gasteiger partial charge in [0.25, 0.3) is 0 Å².